The zero-order chi connectivity index (χ0) is 22.3. The molecule has 31 heavy (non-hydrogen) atoms. The number of pyridine rings is 1. The molecule has 0 atom stereocenters. The van der Waals surface area contributed by atoms with Crippen molar-refractivity contribution in [2.45, 2.75) is 19.8 Å². The quantitative estimate of drug-likeness (QED) is 0.417. The average Bonchev–Trinajstić information content (AvgIpc) is 2.80. The number of hydrogen-bond donors (Lipinski definition) is 0. The van der Waals surface area contributed by atoms with E-state index >= 15 is 0 Å². The molecule has 0 saturated heterocycles. The van der Waals surface area contributed by atoms with Gasteiger partial charge in [-0.15, -0.1) is 0 Å². The molecule has 0 aliphatic carbocycles. The molecule has 1 heterocycles. The molecule has 1 aromatic heterocycles. The summed E-state index contributed by atoms with van der Waals surface area (Å²) >= 11 is 0. The van der Waals surface area contributed by atoms with Crippen molar-refractivity contribution in [3.8, 4) is 23.0 Å². The van der Waals surface area contributed by atoms with E-state index in [2.05, 4.69) is 13.0 Å². The van der Waals surface area contributed by atoms with Gasteiger partial charge in [0, 0.05) is 23.2 Å². The van der Waals surface area contributed by atoms with Gasteiger partial charge in [0.25, 0.3) is 5.56 Å². The van der Waals surface area contributed by atoms with Gasteiger partial charge in [0.2, 0.25) is 0 Å². The smallest absolute Gasteiger partial charge is 0.258 e. The summed E-state index contributed by atoms with van der Waals surface area (Å²) in [6.45, 7) is 2.16. The lowest BCUT2D eigenvalue weighted by Crippen LogP contribution is -2.18. The monoisotopic (exact) mass is 421 g/mol. The fourth-order valence-electron chi connectivity index (χ4n) is 4.41. The third kappa shape index (κ3) is 3.14. The van der Waals surface area contributed by atoms with Crippen LogP contribution in [0.3, 0.4) is 0 Å². The van der Waals surface area contributed by atoms with Crippen LogP contribution in [0.15, 0.2) is 35.1 Å². The van der Waals surface area contributed by atoms with E-state index in [-0.39, 0.29) is 5.56 Å². The number of rotatable bonds is 6. The van der Waals surface area contributed by atoms with Crippen LogP contribution in [0.5, 0.6) is 23.0 Å². The van der Waals surface area contributed by atoms with Gasteiger partial charge < -0.3 is 23.5 Å². The first-order chi connectivity index (χ1) is 15.0. The second-order valence-electron chi connectivity index (χ2n) is 7.55. The maximum absolute atomic E-state index is 13.4. The standard InChI is InChI=1S/C25H27NO5/c1-7-8-14-9-17-16-11-21(29-4)23(31-6)13-19(16)25(27)26(2)24(17)18-12-22(30-5)20(28-3)10-15(14)18/h9-13H,7-8H2,1-6H3. The van der Waals surface area contributed by atoms with E-state index in [1.54, 1.807) is 46.1 Å². The van der Waals surface area contributed by atoms with Crippen molar-refractivity contribution in [2.24, 2.45) is 7.05 Å². The Balaban J connectivity index is 2.29. The molecule has 4 rings (SSSR count). The molecule has 0 aliphatic heterocycles. The van der Waals surface area contributed by atoms with E-state index in [1.807, 2.05) is 18.2 Å². The average molecular weight is 421 g/mol. The summed E-state index contributed by atoms with van der Waals surface area (Å²) in [5.41, 5.74) is 1.95. The predicted octanol–water partition coefficient (Wildman–Crippen LogP) is 4.83. The third-order valence-corrected chi connectivity index (χ3v) is 5.90. The van der Waals surface area contributed by atoms with E-state index in [1.165, 1.54) is 5.56 Å². The zero-order valence-electron chi connectivity index (χ0n) is 18.8. The van der Waals surface area contributed by atoms with Gasteiger partial charge in [0.15, 0.2) is 23.0 Å². The molecule has 0 saturated carbocycles. The molecular weight excluding hydrogens is 394 g/mol. The minimum Gasteiger partial charge on any atom is -0.493 e. The second kappa shape index (κ2) is 8.02. The third-order valence-electron chi connectivity index (χ3n) is 5.90. The number of hydrogen-bond acceptors (Lipinski definition) is 5. The van der Waals surface area contributed by atoms with Gasteiger partial charge in [0.05, 0.1) is 39.3 Å². The van der Waals surface area contributed by atoms with E-state index in [0.29, 0.717) is 28.4 Å². The molecular formula is C25H27NO5. The van der Waals surface area contributed by atoms with Crippen LogP contribution in [0.2, 0.25) is 0 Å². The fraction of sp³-hybridized carbons (Fsp3) is 0.320. The van der Waals surface area contributed by atoms with Gasteiger partial charge in [-0.05, 0) is 47.7 Å². The Morgan fingerprint density at radius 2 is 1.13 bits per heavy atom. The topological polar surface area (TPSA) is 58.9 Å². The fourth-order valence-corrected chi connectivity index (χ4v) is 4.41. The van der Waals surface area contributed by atoms with Crippen molar-refractivity contribution in [3.05, 3.63) is 46.2 Å². The Bertz CT molecular complexity index is 1370. The molecule has 0 unspecified atom stereocenters. The summed E-state index contributed by atoms with van der Waals surface area (Å²) in [4.78, 5) is 13.4. The minimum atomic E-state index is -0.0946. The number of aromatic nitrogens is 1. The summed E-state index contributed by atoms with van der Waals surface area (Å²) < 4.78 is 23.8. The van der Waals surface area contributed by atoms with Crippen LogP contribution in [0.1, 0.15) is 18.9 Å². The summed E-state index contributed by atoms with van der Waals surface area (Å²) in [6.07, 6.45) is 1.90. The number of benzene rings is 3. The highest BCUT2D eigenvalue weighted by Gasteiger charge is 2.19. The first-order valence-electron chi connectivity index (χ1n) is 10.2. The molecule has 4 aromatic rings. The summed E-state index contributed by atoms with van der Waals surface area (Å²) in [7, 11) is 8.22. The van der Waals surface area contributed by atoms with Crippen LogP contribution >= 0.6 is 0 Å². The minimum absolute atomic E-state index is 0.0946. The largest absolute Gasteiger partial charge is 0.493 e. The van der Waals surface area contributed by atoms with Crippen molar-refractivity contribution in [1.82, 2.24) is 4.57 Å². The van der Waals surface area contributed by atoms with E-state index in [4.69, 9.17) is 18.9 Å². The molecule has 6 nitrogen and oxygen atoms in total. The summed E-state index contributed by atoms with van der Waals surface area (Å²) in [5.74, 6) is 2.43. The Kier molecular flexibility index (Phi) is 5.39. The van der Waals surface area contributed by atoms with E-state index in [0.717, 1.165) is 39.9 Å². The van der Waals surface area contributed by atoms with Crippen molar-refractivity contribution in [1.29, 1.82) is 0 Å². The van der Waals surface area contributed by atoms with Crippen LogP contribution in [-0.2, 0) is 13.5 Å². The van der Waals surface area contributed by atoms with Gasteiger partial charge >= 0.3 is 0 Å². The maximum Gasteiger partial charge on any atom is 0.258 e. The summed E-state index contributed by atoms with van der Waals surface area (Å²) in [5, 5.41) is 4.43. The van der Waals surface area contributed by atoms with Crippen LogP contribution < -0.4 is 24.5 Å². The molecule has 0 aliphatic rings. The first-order valence-corrected chi connectivity index (χ1v) is 10.2. The van der Waals surface area contributed by atoms with E-state index in [9.17, 15) is 4.79 Å². The van der Waals surface area contributed by atoms with Crippen LogP contribution in [0, 0.1) is 0 Å². The molecule has 0 amide bonds. The number of aryl methyl sites for hydroxylation is 2. The van der Waals surface area contributed by atoms with Gasteiger partial charge in [-0.25, -0.2) is 0 Å². The zero-order valence-corrected chi connectivity index (χ0v) is 18.8. The normalized spacial score (nSPS) is 11.3. The van der Waals surface area contributed by atoms with Gasteiger partial charge in [-0.1, -0.05) is 13.3 Å². The second-order valence-corrected chi connectivity index (χ2v) is 7.55. The van der Waals surface area contributed by atoms with Gasteiger partial charge in [0.1, 0.15) is 0 Å². The van der Waals surface area contributed by atoms with Crippen molar-refractivity contribution >= 4 is 32.4 Å². The highest BCUT2D eigenvalue weighted by molar-refractivity contribution is 6.17. The molecule has 6 heteroatoms. The molecule has 0 spiro atoms. The lowest BCUT2D eigenvalue weighted by molar-refractivity contribution is 0.356. The molecule has 0 N–H and O–H groups in total. The molecule has 0 bridgehead atoms. The van der Waals surface area contributed by atoms with Gasteiger partial charge in [-0.2, -0.15) is 0 Å². The van der Waals surface area contributed by atoms with E-state index < -0.39 is 0 Å². The van der Waals surface area contributed by atoms with Crippen LogP contribution in [0.4, 0.5) is 0 Å². The van der Waals surface area contributed by atoms with Crippen molar-refractivity contribution in [3.63, 3.8) is 0 Å². The lowest BCUT2D eigenvalue weighted by Gasteiger charge is -2.18. The maximum atomic E-state index is 13.4. The van der Waals surface area contributed by atoms with Crippen molar-refractivity contribution < 1.29 is 18.9 Å². The Morgan fingerprint density at radius 1 is 0.677 bits per heavy atom. The first kappa shape index (κ1) is 20.8. The molecule has 162 valence electrons. The number of nitrogens with zero attached hydrogens (tertiary/aromatic N) is 1. The van der Waals surface area contributed by atoms with Gasteiger partial charge in [-0.3, -0.25) is 4.79 Å². The SMILES string of the molecule is CCCc1cc2c3cc(OC)c(OC)cc3c(=O)n(C)c2c2cc(OC)c(OC)cc12. The highest BCUT2D eigenvalue weighted by Crippen LogP contribution is 2.41. The summed E-state index contributed by atoms with van der Waals surface area (Å²) in [6, 6.07) is 9.79. The van der Waals surface area contributed by atoms with Crippen LogP contribution in [-0.4, -0.2) is 33.0 Å². The Morgan fingerprint density at radius 3 is 1.65 bits per heavy atom. The number of methoxy groups -OCH3 is 4. The molecule has 0 radical (unpaired) electrons. The Labute approximate surface area is 180 Å². The highest BCUT2D eigenvalue weighted by atomic mass is 16.5. The number of fused-ring (bicyclic) bond motifs is 5. The van der Waals surface area contributed by atoms with Crippen LogP contribution in [0.25, 0.3) is 32.4 Å². The Hall–Kier alpha value is -3.41. The predicted molar refractivity (Wildman–Crippen MR) is 124 cm³/mol. The lowest BCUT2D eigenvalue weighted by atomic mass is 9.94. The molecule has 0 fully saturated rings. The number of ether oxygens (including phenoxy) is 4. The van der Waals surface area contributed by atoms with Crippen molar-refractivity contribution in [2.75, 3.05) is 28.4 Å². The molecule has 3 aromatic carbocycles.